The van der Waals surface area contributed by atoms with Gasteiger partial charge < -0.3 is 16.0 Å². The molecule has 0 aliphatic carbocycles. The molecule has 0 saturated carbocycles. The fourth-order valence-electron chi connectivity index (χ4n) is 2.17. The average Bonchev–Trinajstić information content (AvgIpc) is 2.61. The van der Waals surface area contributed by atoms with Crippen molar-refractivity contribution in [1.82, 2.24) is 10.6 Å². The predicted octanol–water partition coefficient (Wildman–Crippen LogP) is 5.07. The van der Waals surface area contributed by atoms with E-state index in [1.54, 1.807) is 24.3 Å². The summed E-state index contributed by atoms with van der Waals surface area (Å²) >= 11 is 29.0. The van der Waals surface area contributed by atoms with Gasteiger partial charge in [-0.1, -0.05) is 76.7 Å². The summed E-state index contributed by atoms with van der Waals surface area (Å²) in [5.41, 5.74) is 1.75. The highest BCUT2D eigenvalue weighted by molar-refractivity contribution is 7.80. The third-order valence-corrected chi connectivity index (χ3v) is 4.62. The molecule has 3 N–H and O–H groups in total. The monoisotopic (exact) mass is 463 g/mol. The highest BCUT2D eigenvalue weighted by Gasteiger charge is 2.34. The Kier molecular flexibility index (Phi) is 8.45. The number of hydrogen-bond acceptors (Lipinski definition) is 2. The van der Waals surface area contributed by atoms with Crippen LogP contribution in [0.25, 0.3) is 0 Å². The van der Waals surface area contributed by atoms with Gasteiger partial charge in [0.1, 0.15) is 6.17 Å². The average molecular weight is 465 g/mol. The number of rotatable bonds is 6. The van der Waals surface area contributed by atoms with Crippen LogP contribution in [0.1, 0.15) is 12.0 Å². The Morgan fingerprint density at radius 1 is 1.00 bits per heavy atom. The lowest BCUT2D eigenvalue weighted by molar-refractivity contribution is -0.121. The molecule has 4 nitrogen and oxygen atoms in total. The summed E-state index contributed by atoms with van der Waals surface area (Å²) in [6, 6.07) is 16.6. The van der Waals surface area contributed by atoms with E-state index >= 15 is 0 Å². The molecule has 2 rings (SSSR count). The van der Waals surface area contributed by atoms with Crippen LogP contribution in [0.5, 0.6) is 0 Å². The molecular weight excluding hydrogens is 448 g/mol. The van der Waals surface area contributed by atoms with Gasteiger partial charge in [-0.25, -0.2) is 0 Å². The summed E-state index contributed by atoms with van der Waals surface area (Å²) in [6.07, 6.45) is -0.175. The molecule has 0 unspecified atom stereocenters. The molecule has 0 heterocycles. The van der Waals surface area contributed by atoms with Crippen LogP contribution in [0.3, 0.4) is 0 Å². The molecule has 1 amide bonds. The number of nitrogens with one attached hydrogen (secondary N) is 3. The number of alkyl halides is 3. The van der Waals surface area contributed by atoms with Crippen LogP contribution >= 0.6 is 58.6 Å². The standard InChI is InChI=1S/C18H17Cl4N3OS/c19-13-7-9-14(10-8-13)23-17(27)25-16(18(20,21)22)24-15(26)11-6-12-4-2-1-3-5-12/h1-5,7-10,16H,6,11H2,(H,24,26)(H2,23,25,27)/t16-/m1/s1. The van der Waals surface area contributed by atoms with Crippen molar-refractivity contribution in [2.45, 2.75) is 22.8 Å². The topological polar surface area (TPSA) is 53.2 Å². The summed E-state index contributed by atoms with van der Waals surface area (Å²) in [6.45, 7) is 0. The molecule has 9 heteroatoms. The summed E-state index contributed by atoms with van der Waals surface area (Å²) in [5.74, 6) is -0.267. The van der Waals surface area contributed by atoms with Crippen molar-refractivity contribution < 1.29 is 4.79 Å². The normalized spacial score (nSPS) is 12.1. The molecule has 0 aromatic heterocycles. The summed E-state index contributed by atoms with van der Waals surface area (Å²) < 4.78 is -1.80. The second-order valence-corrected chi connectivity index (χ2v) is 8.85. The van der Waals surface area contributed by atoms with Gasteiger partial charge in [0.15, 0.2) is 5.11 Å². The Morgan fingerprint density at radius 3 is 2.22 bits per heavy atom. The van der Waals surface area contributed by atoms with E-state index in [4.69, 9.17) is 58.6 Å². The van der Waals surface area contributed by atoms with Gasteiger partial charge in [0, 0.05) is 17.1 Å². The molecular formula is C18H17Cl4N3OS. The largest absolute Gasteiger partial charge is 0.339 e. The van der Waals surface area contributed by atoms with E-state index in [-0.39, 0.29) is 17.4 Å². The summed E-state index contributed by atoms with van der Waals surface area (Å²) in [7, 11) is 0. The molecule has 0 aliphatic heterocycles. The Hall–Kier alpha value is -1.24. The van der Waals surface area contributed by atoms with Crippen molar-refractivity contribution in [1.29, 1.82) is 0 Å². The maximum Gasteiger partial charge on any atom is 0.228 e. The van der Waals surface area contributed by atoms with Gasteiger partial charge in [-0.3, -0.25) is 4.79 Å². The number of carbonyl (C=O) groups excluding carboxylic acids is 1. The number of carbonyl (C=O) groups is 1. The molecule has 0 radical (unpaired) electrons. The smallest absolute Gasteiger partial charge is 0.228 e. The minimum absolute atomic E-state index is 0.192. The van der Waals surface area contributed by atoms with Crippen LogP contribution in [0.4, 0.5) is 5.69 Å². The first-order valence-electron chi connectivity index (χ1n) is 7.97. The number of anilines is 1. The molecule has 0 saturated heterocycles. The third-order valence-electron chi connectivity index (χ3n) is 3.49. The molecule has 2 aromatic carbocycles. The number of amides is 1. The van der Waals surface area contributed by atoms with Gasteiger partial charge in [0.2, 0.25) is 9.70 Å². The van der Waals surface area contributed by atoms with Gasteiger partial charge in [0.25, 0.3) is 0 Å². The van der Waals surface area contributed by atoms with Crippen LogP contribution in [0.15, 0.2) is 54.6 Å². The molecule has 0 aliphatic rings. The second-order valence-electron chi connectivity index (χ2n) is 5.63. The van der Waals surface area contributed by atoms with Crippen molar-refractivity contribution in [2.75, 3.05) is 5.32 Å². The van der Waals surface area contributed by atoms with E-state index in [1.807, 2.05) is 30.3 Å². The Balaban J connectivity index is 1.91. The number of hydrogen-bond donors (Lipinski definition) is 3. The van der Waals surface area contributed by atoms with E-state index in [9.17, 15) is 4.79 Å². The molecule has 0 spiro atoms. The summed E-state index contributed by atoms with van der Waals surface area (Å²) in [5, 5.41) is 9.20. The van der Waals surface area contributed by atoms with E-state index in [0.717, 1.165) is 5.56 Å². The highest BCUT2D eigenvalue weighted by Crippen LogP contribution is 2.29. The number of aryl methyl sites for hydroxylation is 1. The van der Waals surface area contributed by atoms with Crippen molar-refractivity contribution in [2.24, 2.45) is 0 Å². The van der Waals surface area contributed by atoms with Crippen LogP contribution in [-0.4, -0.2) is 21.0 Å². The lowest BCUT2D eigenvalue weighted by atomic mass is 10.1. The Labute approximate surface area is 183 Å². The molecule has 1 atom stereocenters. The van der Waals surface area contributed by atoms with Gasteiger partial charge >= 0.3 is 0 Å². The third kappa shape index (κ3) is 8.11. The number of benzene rings is 2. The van der Waals surface area contributed by atoms with Gasteiger partial charge in [-0.2, -0.15) is 0 Å². The minimum Gasteiger partial charge on any atom is -0.339 e. The fraction of sp³-hybridized carbons (Fsp3) is 0.222. The van der Waals surface area contributed by atoms with Gasteiger partial charge in [0.05, 0.1) is 0 Å². The zero-order valence-electron chi connectivity index (χ0n) is 14.0. The predicted molar refractivity (Wildman–Crippen MR) is 118 cm³/mol. The molecule has 0 fully saturated rings. The second kappa shape index (κ2) is 10.3. The van der Waals surface area contributed by atoms with Crippen LogP contribution < -0.4 is 16.0 Å². The van der Waals surface area contributed by atoms with Crippen molar-refractivity contribution in [3.63, 3.8) is 0 Å². The Bertz CT molecular complexity index is 766. The maximum atomic E-state index is 12.2. The minimum atomic E-state index is -1.80. The number of thiocarbonyl (C=S) groups is 1. The van der Waals surface area contributed by atoms with E-state index < -0.39 is 9.96 Å². The SMILES string of the molecule is O=C(CCc1ccccc1)N[C@H](NC(=S)Nc1ccc(Cl)cc1)C(Cl)(Cl)Cl. The first-order chi connectivity index (χ1) is 12.7. The zero-order valence-corrected chi connectivity index (χ0v) is 17.9. The van der Waals surface area contributed by atoms with Crippen LogP contribution in [-0.2, 0) is 11.2 Å². The van der Waals surface area contributed by atoms with E-state index in [0.29, 0.717) is 17.1 Å². The van der Waals surface area contributed by atoms with Crippen LogP contribution in [0, 0.1) is 0 Å². The fourth-order valence-corrected chi connectivity index (χ4v) is 2.86. The lowest BCUT2D eigenvalue weighted by Gasteiger charge is -2.27. The quantitative estimate of drug-likeness (QED) is 0.317. The molecule has 0 bridgehead atoms. The molecule has 2 aromatic rings. The first kappa shape index (κ1) is 22.1. The van der Waals surface area contributed by atoms with E-state index in [2.05, 4.69) is 16.0 Å². The van der Waals surface area contributed by atoms with Crippen molar-refractivity contribution >= 4 is 75.3 Å². The number of halogens is 4. The Morgan fingerprint density at radius 2 is 1.63 bits per heavy atom. The zero-order chi connectivity index (χ0) is 19.9. The van der Waals surface area contributed by atoms with Gasteiger partial charge in [-0.15, -0.1) is 0 Å². The molecule has 27 heavy (non-hydrogen) atoms. The lowest BCUT2D eigenvalue weighted by Crippen LogP contribution is -2.56. The first-order valence-corrected chi connectivity index (χ1v) is 9.89. The van der Waals surface area contributed by atoms with E-state index in [1.165, 1.54) is 0 Å². The van der Waals surface area contributed by atoms with Crippen molar-refractivity contribution in [3.8, 4) is 0 Å². The van der Waals surface area contributed by atoms with Crippen molar-refractivity contribution in [3.05, 3.63) is 65.2 Å². The van der Waals surface area contributed by atoms with Gasteiger partial charge in [-0.05, 0) is 48.5 Å². The maximum absolute atomic E-state index is 12.2. The van der Waals surface area contributed by atoms with Crippen LogP contribution in [0.2, 0.25) is 5.02 Å². The highest BCUT2D eigenvalue weighted by atomic mass is 35.6. The summed E-state index contributed by atoms with van der Waals surface area (Å²) in [4.78, 5) is 12.2. The molecule has 144 valence electrons.